The van der Waals surface area contributed by atoms with Crippen molar-refractivity contribution in [3.63, 3.8) is 0 Å². The second-order valence-corrected chi connectivity index (χ2v) is 10.5. The molecule has 2 saturated carbocycles. The lowest BCUT2D eigenvalue weighted by Gasteiger charge is -2.54. The third-order valence-electron chi connectivity index (χ3n) is 7.48. The Kier molecular flexibility index (Phi) is 4.46. The molecule has 1 nitrogen and oxygen atoms in total. The number of hydrogen-bond donors (Lipinski definition) is 0. The van der Waals surface area contributed by atoms with Gasteiger partial charge in [-0.15, -0.1) is 11.8 Å². The fourth-order valence-corrected chi connectivity index (χ4v) is 7.85. The van der Waals surface area contributed by atoms with Gasteiger partial charge in [-0.05, 0) is 60.6 Å². The van der Waals surface area contributed by atoms with Gasteiger partial charge in [-0.25, -0.2) is 0 Å². The van der Waals surface area contributed by atoms with Gasteiger partial charge in [-0.2, -0.15) is 0 Å². The van der Waals surface area contributed by atoms with Crippen molar-refractivity contribution in [3.8, 4) is 0 Å². The summed E-state index contributed by atoms with van der Waals surface area (Å²) < 4.78 is 0.250. The third-order valence-corrected chi connectivity index (χ3v) is 9.62. The molecule has 1 heterocycles. The molecule has 3 atom stereocenters. The van der Waals surface area contributed by atoms with Gasteiger partial charge in [0.15, 0.2) is 0 Å². The number of nitrogens with zero attached hydrogens (tertiary/aromatic N) is 1. The number of thioether (sulfide) groups is 1. The number of pyridine rings is 1. The lowest BCUT2D eigenvalue weighted by atomic mass is 9.61. The molecule has 2 aromatic rings. The van der Waals surface area contributed by atoms with Crippen LogP contribution < -0.4 is 0 Å². The van der Waals surface area contributed by atoms with Crippen molar-refractivity contribution in [2.24, 2.45) is 16.7 Å². The second-order valence-electron chi connectivity index (χ2n) is 9.27. The summed E-state index contributed by atoms with van der Waals surface area (Å²) in [6, 6.07) is 17.5. The Hall–Kier alpha value is -1.28. The van der Waals surface area contributed by atoms with E-state index in [1.165, 1.54) is 30.5 Å². The Morgan fingerprint density at radius 2 is 1.81 bits per heavy atom. The molecule has 0 N–H and O–H groups in total. The molecule has 0 radical (unpaired) electrons. The van der Waals surface area contributed by atoms with E-state index in [1.807, 2.05) is 0 Å². The highest BCUT2D eigenvalue weighted by Crippen LogP contribution is 2.73. The number of fused-ring (bicyclic) bond motifs is 2. The zero-order valence-electron chi connectivity index (χ0n) is 16.6. The molecule has 0 saturated heterocycles. The van der Waals surface area contributed by atoms with Gasteiger partial charge < -0.3 is 0 Å². The summed E-state index contributed by atoms with van der Waals surface area (Å²) >= 11 is 2.21. The molecule has 0 aliphatic heterocycles. The summed E-state index contributed by atoms with van der Waals surface area (Å²) in [4.78, 5) is 4.90. The Balaban J connectivity index is 1.72. The number of aromatic nitrogens is 1. The van der Waals surface area contributed by atoms with Crippen molar-refractivity contribution in [3.05, 3.63) is 65.5 Å². The largest absolute Gasteiger partial charge is 0.258 e. The molecule has 2 aliphatic rings. The molecule has 26 heavy (non-hydrogen) atoms. The highest BCUT2D eigenvalue weighted by molar-refractivity contribution is 8.00. The van der Waals surface area contributed by atoms with E-state index in [2.05, 4.69) is 88.0 Å². The molecular formula is C24H31NS. The first kappa shape index (κ1) is 18.1. The van der Waals surface area contributed by atoms with Gasteiger partial charge in [0.05, 0.1) is 0 Å². The van der Waals surface area contributed by atoms with Crippen LogP contribution in [0, 0.1) is 23.7 Å². The number of rotatable bonds is 5. The van der Waals surface area contributed by atoms with Gasteiger partial charge in [0.25, 0.3) is 0 Å². The van der Waals surface area contributed by atoms with Gasteiger partial charge in [-0.1, -0.05) is 57.2 Å². The Morgan fingerprint density at radius 3 is 2.46 bits per heavy atom. The van der Waals surface area contributed by atoms with Crippen molar-refractivity contribution in [1.82, 2.24) is 4.98 Å². The smallest absolute Gasteiger partial charge is 0.0421 e. The van der Waals surface area contributed by atoms with Crippen LogP contribution in [0.1, 0.15) is 57.0 Å². The van der Waals surface area contributed by atoms with Gasteiger partial charge >= 0.3 is 0 Å². The minimum Gasteiger partial charge on any atom is -0.258 e. The van der Waals surface area contributed by atoms with Crippen LogP contribution in [0.4, 0.5) is 0 Å². The standard InChI is InChI=1S/C24H31NS/c1-18-9-8-12-21(25-18)16-24(26-17-19-10-6-5-7-11-19)22(2,3)20-13-14-23(24,4)15-20/h5-12,20H,13-17H2,1-4H3/t20-,23+,24-/m0/s1. The fraction of sp³-hybridized carbons (Fsp3) is 0.542. The second kappa shape index (κ2) is 6.41. The first-order chi connectivity index (χ1) is 12.4. The maximum atomic E-state index is 4.90. The predicted molar refractivity (Wildman–Crippen MR) is 112 cm³/mol. The van der Waals surface area contributed by atoms with E-state index in [4.69, 9.17) is 4.98 Å². The van der Waals surface area contributed by atoms with Crippen molar-refractivity contribution >= 4 is 11.8 Å². The van der Waals surface area contributed by atoms with Crippen molar-refractivity contribution < 1.29 is 0 Å². The summed E-state index contributed by atoms with van der Waals surface area (Å²) in [5.41, 5.74) is 4.59. The van der Waals surface area contributed by atoms with Crippen LogP contribution in [0.3, 0.4) is 0 Å². The van der Waals surface area contributed by atoms with Crippen LogP contribution in [0.5, 0.6) is 0 Å². The summed E-state index contributed by atoms with van der Waals surface area (Å²) in [6.07, 6.45) is 5.24. The number of benzene rings is 1. The van der Waals surface area contributed by atoms with Gasteiger partial charge in [0.1, 0.15) is 0 Å². The highest BCUT2D eigenvalue weighted by Gasteiger charge is 2.68. The zero-order chi connectivity index (χ0) is 18.4. The highest BCUT2D eigenvalue weighted by atomic mass is 32.2. The summed E-state index contributed by atoms with van der Waals surface area (Å²) in [6.45, 7) is 9.75. The SMILES string of the molecule is Cc1cccc(C[C@]2(SCc3ccccc3)C(C)(C)[C@H]3CC[C@]2(C)C3)n1. The normalized spacial score (nSPS) is 32.1. The van der Waals surface area contributed by atoms with Crippen molar-refractivity contribution in [2.45, 2.75) is 63.9 Å². The number of hydrogen-bond acceptors (Lipinski definition) is 2. The Labute approximate surface area is 163 Å². The first-order valence-corrected chi connectivity index (χ1v) is 11.0. The summed E-state index contributed by atoms with van der Waals surface area (Å²) in [5.74, 6) is 1.94. The first-order valence-electron chi connectivity index (χ1n) is 9.97. The average Bonchev–Trinajstić information content (AvgIpc) is 3.09. The summed E-state index contributed by atoms with van der Waals surface area (Å²) in [5, 5.41) is 0. The van der Waals surface area contributed by atoms with Gasteiger partial charge in [0.2, 0.25) is 0 Å². The van der Waals surface area contributed by atoms with Crippen LogP contribution in [-0.2, 0) is 12.2 Å². The molecule has 2 fully saturated rings. The fourth-order valence-electron chi connectivity index (χ4n) is 5.92. The molecule has 2 aliphatic carbocycles. The Bertz CT molecular complexity index is 777. The van der Waals surface area contributed by atoms with Crippen LogP contribution in [-0.4, -0.2) is 9.73 Å². The monoisotopic (exact) mass is 365 g/mol. The maximum absolute atomic E-state index is 4.90. The van der Waals surface area contributed by atoms with E-state index in [0.29, 0.717) is 10.8 Å². The van der Waals surface area contributed by atoms with E-state index in [9.17, 15) is 0 Å². The summed E-state index contributed by atoms with van der Waals surface area (Å²) in [7, 11) is 0. The quantitative estimate of drug-likeness (QED) is 0.604. The van der Waals surface area contributed by atoms with Crippen LogP contribution in [0.15, 0.2) is 48.5 Å². The van der Waals surface area contributed by atoms with Crippen LogP contribution in [0.25, 0.3) is 0 Å². The van der Waals surface area contributed by atoms with E-state index in [1.54, 1.807) is 0 Å². The molecule has 2 bridgehead atoms. The molecule has 0 amide bonds. The van der Waals surface area contributed by atoms with Crippen molar-refractivity contribution in [1.29, 1.82) is 0 Å². The van der Waals surface area contributed by atoms with Crippen LogP contribution in [0.2, 0.25) is 0 Å². The van der Waals surface area contributed by atoms with E-state index < -0.39 is 0 Å². The molecule has 1 aromatic heterocycles. The predicted octanol–water partition coefficient (Wildman–Crippen LogP) is 6.45. The van der Waals surface area contributed by atoms with Crippen molar-refractivity contribution in [2.75, 3.05) is 0 Å². The third kappa shape index (κ3) is 2.72. The van der Waals surface area contributed by atoms with Gasteiger partial charge in [-0.3, -0.25) is 4.98 Å². The molecule has 2 heteroatoms. The minimum absolute atomic E-state index is 0.250. The molecule has 0 unspecified atom stereocenters. The van der Waals surface area contributed by atoms with E-state index in [-0.39, 0.29) is 4.75 Å². The lowest BCUT2D eigenvalue weighted by Crippen LogP contribution is -2.53. The molecule has 4 rings (SSSR count). The molecule has 1 aromatic carbocycles. The molecule has 138 valence electrons. The zero-order valence-corrected chi connectivity index (χ0v) is 17.4. The lowest BCUT2D eigenvalue weighted by molar-refractivity contribution is 0.107. The Morgan fingerprint density at radius 1 is 1.04 bits per heavy atom. The van der Waals surface area contributed by atoms with E-state index in [0.717, 1.165) is 23.8 Å². The minimum atomic E-state index is 0.250. The molecule has 0 spiro atoms. The maximum Gasteiger partial charge on any atom is 0.0421 e. The number of aryl methyl sites for hydroxylation is 1. The topological polar surface area (TPSA) is 12.9 Å². The molecular weight excluding hydrogens is 334 g/mol. The van der Waals surface area contributed by atoms with Gasteiger partial charge in [0, 0.05) is 28.3 Å². The average molecular weight is 366 g/mol. The van der Waals surface area contributed by atoms with Crippen LogP contribution >= 0.6 is 11.8 Å². The van der Waals surface area contributed by atoms with E-state index >= 15 is 0 Å².